The average Bonchev–Trinajstić information content (AvgIpc) is 2.68. The molecule has 1 aliphatic heterocycles. The van der Waals surface area contributed by atoms with Gasteiger partial charge in [0.2, 0.25) is 0 Å². The lowest BCUT2D eigenvalue weighted by molar-refractivity contribution is -0.0185. The number of aliphatic imine (C=N–C) groups is 1. The third-order valence-corrected chi connectivity index (χ3v) is 5.04. The maximum atomic E-state index is 12.0. The van der Waals surface area contributed by atoms with Crippen molar-refractivity contribution in [1.82, 2.24) is 4.72 Å². The number of nitrogens with zero attached hydrogens (tertiary/aromatic N) is 1. The van der Waals surface area contributed by atoms with E-state index in [4.69, 9.17) is 10.5 Å². The number of nitrogens with one attached hydrogen (secondary N) is 1. The van der Waals surface area contributed by atoms with Crippen LogP contribution in [0.3, 0.4) is 0 Å². The van der Waals surface area contributed by atoms with Gasteiger partial charge in [-0.25, -0.2) is 8.42 Å². The first kappa shape index (κ1) is 13.5. The number of hydrogen-bond acceptors (Lipinski definition) is 5. The van der Waals surface area contributed by atoms with Gasteiger partial charge in [0.25, 0.3) is 10.0 Å². The van der Waals surface area contributed by atoms with Crippen LogP contribution < -0.4 is 10.5 Å². The predicted molar refractivity (Wildman–Crippen MR) is 75.1 cm³/mol. The van der Waals surface area contributed by atoms with E-state index < -0.39 is 10.0 Å². The molecule has 6 nitrogen and oxygen atoms in total. The molecule has 1 aromatic rings. The van der Waals surface area contributed by atoms with Gasteiger partial charge in [-0.1, -0.05) is 12.1 Å². The van der Waals surface area contributed by atoms with E-state index in [2.05, 4.69) is 9.71 Å². The topological polar surface area (TPSA) is 93.8 Å². The number of ether oxygens (including phenoxy) is 1. The summed E-state index contributed by atoms with van der Waals surface area (Å²) in [7, 11) is -3.49. The van der Waals surface area contributed by atoms with Crippen molar-refractivity contribution >= 4 is 15.9 Å². The number of benzene rings is 1. The van der Waals surface area contributed by atoms with Crippen LogP contribution in [0, 0.1) is 0 Å². The Labute approximate surface area is 118 Å². The van der Waals surface area contributed by atoms with Crippen LogP contribution in [-0.2, 0) is 14.8 Å². The molecule has 0 bridgehead atoms. The lowest BCUT2D eigenvalue weighted by atomic mass is 9.84. The zero-order valence-electron chi connectivity index (χ0n) is 11.1. The lowest BCUT2D eigenvalue weighted by Crippen LogP contribution is -2.56. The first-order valence-electron chi connectivity index (χ1n) is 6.60. The van der Waals surface area contributed by atoms with Gasteiger partial charge in [-0.3, -0.25) is 9.71 Å². The number of sulfonamides is 1. The fourth-order valence-corrected chi connectivity index (χ4v) is 3.80. The highest BCUT2D eigenvalue weighted by Crippen LogP contribution is 2.29. The van der Waals surface area contributed by atoms with Gasteiger partial charge >= 0.3 is 0 Å². The van der Waals surface area contributed by atoms with E-state index in [0.29, 0.717) is 18.0 Å². The SMILES string of the molecule is CCOC1CC(N)C1N=C1NS(=O)(=O)c2ccccc21. The second-order valence-electron chi connectivity index (χ2n) is 4.96. The molecule has 0 saturated heterocycles. The van der Waals surface area contributed by atoms with Crippen LogP contribution in [0.15, 0.2) is 34.2 Å². The fraction of sp³-hybridized carbons (Fsp3) is 0.462. The molecular formula is C13H17N3O3S. The Kier molecular flexibility index (Phi) is 3.27. The van der Waals surface area contributed by atoms with E-state index in [1.807, 2.05) is 6.92 Å². The summed E-state index contributed by atoms with van der Waals surface area (Å²) in [4.78, 5) is 4.74. The Morgan fingerprint density at radius 2 is 2.20 bits per heavy atom. The number of nitrogens with two attached hydrogens (primary N) is 1. The first-order chi connectivity index (χ1) is 9.53. The van der Waals surface area contributed by atoms with Gasteiger partial charge in [0.05, 0.1) is 17.0 Å². The molecule has 1 aliphatic carbocycles. The standard InChI is InChI=1S/C13H17N3O3S/c1-2-19-10-7-9(14)12(10)15-13-8-5-3-4-6-11(8)20(17,18)16-13/h3-6,9-10,12H,2,7,14H2,1H3,(H,15,16). The van der Waals surface area contributed by atoms with Gasteiger partial charge in [-0.15, -0.1) is 0 Å². The summed E-state index contributed by atoms with van der Waals surface area (Å²) in [6, 6.07) is 6.51. The van der Waals surface area contributed by atoms with Crippen LogP contribution in [0.1, 0.15) is 18.9 Å². The van der Waals surface area contributed by atoms with Gasteiger partial charge in [-0.05, 0) is 25.5 Å². The molecule has 1 saturated carbocycles. The maximum absolute atomic E-state index is 12.0. The van der Waals surface area contributed by atoms with Crippen LogP contribution in [0.2, 0.25) is 0 Å². The van der Waals surface area contributed by atoms with Crippen LogP contribution in [-0.4, -0.2) is 39.0 Å². The molecule has 1 fully saturated rings. The Morgan fingerprint density at radius 3 is 2.90 bits per heavy atom. The molecule has 0 radical (unpaired) electrons. The van der Waals surface area contributed by atoms with Crippen molar-refractivity contribution in [2.75, 3.05) is 6.61 Å². The second kappa shape index (κ2) is 4.83. The fourth-order valence-electron chi connectivity index (χ4n) is 2.57. The van der Waals surface area contributed by atoms with Crippen molar-refractivity contribution < 1.29 is 13.2 Å². The van der Waals surface area contributed by atoms with Crippen LogP contribution in [0.5, 0.6) is 0 Å². The molecule has 0 aromatic heterocycles. The average molecular weight is 295 g/mol. The van der Waals surface area contributed by atoms with Crippen molar-refractivity contribution in [2.24, 2.45) is 10.7 Å². The smallest absolute Gasteiger partial charge is 0.263 e. The molecule has 3 N–H and O–H groups in total. The number of fused-ring (bicyclic) bond motifs is 1. The number of amidine groups is 1. The molecule has 20 heavy (non-hydrogen) atoms. The summed E-state index contributed by atoms with van der Waals surface area (Å²) in [6.07, 6.45) is 0.726. The van der Waals surface area contributed by atoms with E-state index in [-0.39, 0.29) is 23.1 Å². The molecule has 3 atom stereocenters. The molecule has 7 heteroatoms. The zero-order valence-corrected chi connectivity index (χ0v) is 11.9. The molecule has 2 aliphatic rings. The summed E-state index contributed by atoms with van der Waals surface area (Å²) in [5, 5.41) is 0. The van der Waals surface area contributed by atoms with Gasteiger partial charge in [-0.2, -0.15) is 0 Å². The van der Waals surface area contributed by atoms with Crippen LogP contribution in [0.25, 0.3) is 0 Å². The summed E-state index contributed by atoms with van der Waals surface area (Å²) < 4.78 is 32.0. The highest BCUT2D eigenvalue weighted by atomic mass is 32.2. The third kappa shape index (κ3) is 2.11. The van der Waals surface area contributed by atoms with E-state index in [1.54, 1.807) is 24.3 Å². The van der Waals surface area contributed by atoms with Gasteiger partial charge in [0.1, 0.15) is 5.84 Å². The maximum Gasteiger partial charge on any atom is 0.263 e. The lowest BCUT2D eigenvalue weighted by Gasteiger charge is -2.39. The highest BCUT2D eigenvalue weighted by molar-refractivity contribution is 7.90. The summed E-state index contributed by atoms with van der Waals surface area (Å²) in [5.41, 5.74) is 6.54. The van der Waals surface area contributed by atoms with Gasteiger partial charge in [0, 0.05) is 18.2 Å². The van der Waals surface area contributed by atoms with E-state index in [9.17, 15) is 8.42 Å². The van der Waals surface area contributed by atoms with Crippen molar-refractivity contribution in [3.8, 4) is 0 Å². The third-order valence-electron chi connectivity index (χ3n) is 3.65. The first-order valence-corrected chi connectivity index (χ1v) is 8.08. The van der Waals surface area contributed by atoms with E-state index >= 15 is 0 Å². The van der Waals surface area contributed by atoms with Crippen molar-refractivity contribution in [3.63, 3.8) is 0 Å². The summed E-state index contributed by atoms with van der Waals surface area (Å²) in [6.45, 7) is 2.52. The Morgan fingerprint density at radius 1 is 1.45 bits per heavy atom. The van der Waals surface area contributed by atoms with Crippen LogP contribution >= 0.6 is 0 Å². The van der Waals surface area contributed by atoms with Crippen molar-refractivity contribution in [1.29, 1.82) is 0 Å². The molecule has 3 rings (SSSR count). The minimum atomic E-state index is -3.49. The molecule has 108 valence electrons. The number of hydrogen-bond donors (Lipinski definition) is 2. The minimum absolute atomic E-state index is 0.0280. The molecule has 0 spiro atoms. The van der Waals surface area contributed by atoms with Crippen LogP contribution in [0.4, 0.5) is 0 Å². The second-order valence-corrected chi connectivity index (χ2v) is 6.61. The molecule has 3 unspecified atom stereocenters. The van der Waals surface area contributed by atoms with Gasteiger partial charge < -0.3 is 10.5 Å². The zero-order chi connectivity index (χ0) is 14.3. The summed E-state index contributed by atoms with van der Waals surface area (Å²) >= 11 is 0. The van der Waals surface area contributed by atoms with Crippen molar-refractivity contribution in [3.05, 3.63) is 29.8 Å². The van der Waals surface area contributed by atoms with E-state index in [0.717, 1.165) is 6.42 Å². The van der Waals surface area contributed by atoms with E-state index in [1.165, 1.54) is 0 Å². The monoisotopic (exact) mass is 295 g/mol. The normalized spacial score (nSPS) is 32.5. The predicted octanol–water partition coefficient (Wildman–Crippen LogP) is 0.230. The Bertz CT molecular complexity index is 655. The van der Waals surface area contributed by atoms with Gasteiger partial charge in [0.15, 0.2) is 0 Å². The summed E-state index contributed by atoms with van der Waals surface area (Å²) in [5.74, 6) is 0.366. The quantitative estimate of drug-likeness (QED) is 0.834. The molecule has 1 aromatic carbocycles. The Hall–Kier alpha value is -1.44. The molecule has 1 heterocycles. The highest BCUT2D eigenvalue weighted by Gasteiger charge is 2.41. The Balaban J connectivity index is 1.94. The number of rotatable bonds is 3. The van der Waals surface area contributed by atoms with Crippen molar-refractivity contribution in [2.45, 2.75) is 36.4 Å². The molecular weight excluding hydrogens is 278 g/mol. The minimum Gasteiger partial charge on any atom is -0.376 e. The molecule has 0 amide bonds. The largest absolute Gasteiger partial charge is 0.376 e.